The minimum Gasteiger partial charge on any atom is -0.387 e. The Balaban J connectivity index is 1.99. The second-order valence-electron chi connectivity index (χ2n) is 5.55. The summed E-state index contributed by atoms with van der Waals surface area (Å²) in [5, 5.41) is 10.3. The van der Waals surface area contributed by atoms with Crippen LogP contribution in [0.3, 0.4) is 0 Å². The van der Waals surface area contributed by atoms with Crippen LogP contribution < -0.4 is 0 Å². The van der Waals surface area contributed by atoms with Crippen molar-refractivity contribution in [3.8, 4) is 0 Å². The third-order valence-electron chi connectivity index (χ3n) is 3.61. The summed E-state index contributed by atoms with van der Waals surface area (Å²) in [4.78, 5) is 2.17. The van der Waals surface area contributed by atoms with Crippen molar-refractivity contribution in [1.82, 2.24) is 4.90 Å². The highest BCUT2D eigenvalue weighted by molar-refractivity contribution is 5.30. The molecule has 0 aliphatic heterocycles. The van der Waals surface area contributed by atoms with Gasteiger partial charge < -0.3 is 5.11 Å². The van der Waals surface area contributed by atoms with Crippen molar-refractivity contribution in [3.05, 3.63) is 70.8 Å². The first kappa shape index (κ1) is 14.8. The molecule has 0 aliphatic rings. The van der Waals surface area contributed by atoms with Crippen LogP contribution >= 0.6 is 0 Å². The predicted octanol–water partition coefficient (Wildman–Crippen LogP) is 3.47. The van der Waals surface area contributed by atoms with Crippen molar-refractivity contribution in [3.63, 3.8) is 0 Å². The highest BCUT2D eigenvalue weighted by Crippen LogP contribution is 2.16. The number of hydrogen-bond acceptors (Lipinski definition) is 2. The molecule has 106 valence electrons. The van der Waals surface area contributed by atoms with Gasteiger partial charge in [-0.15, -0.1) is 0 Å². The number of hydrogen-bond donors (Lipinski definition) is 1. The second-order valence-corrected chi connectivity index (χ2v) is 5.55. The molecule has 2 aromatic rings. The lowest BCUT2D eigenvalue weighted by Crippen LogP contribution is -2.24. The van der Waals surface area contributed by atoms with E-state index < -0.39 is 6.10 Å². The van der Waals surface area contributed by atoms with E-state index in [1.165, 1.54) is 16.7 Å². The van der Waals surface area contributed by atoms with Crippen LogP contribution in [-0.4, -0.2) is 23.6 Å². The van der Waals surface area contributed by atoms with Crippen LogP contribution in [0.1, 0.15) is 28.4 Å². The van der Waals surface area contributed by atoms with Crippen LogP contribution in [0, 0.1) is 13.8 Å². The minimum atomic E-state index is -0.439. The minimum absolute atomic E-state index is 0.439. The molecule has 1 N–H and O–H groups in total. The maximum atomic E-state index is 10.3. The van der Waals surface area contributed by atoms with E-state index in [0.29, 0.717) is 6.54 Å². The first-order chi connectivity index (χ1) is 9.56. The first-order valence-corrected chi connectivity index (χ1v) is 7.04. The molecule has 0 bridgehead atoms. The normalized spacial score (nSPS) is 12.7. The van der Waals surface area contributed by atoms with Crippen LogP contribution in [0.25, 0.3) is 0 Å². The summed E-state index contributed by atoms with van der Waals surface area (Å²) < 4.78 is 0. The van der Waals surface area contributed by atoms with Crippen molar-refractivity contribution < 1.29 is 5.11 Å². The van der Waals surface area contributed by atoms with Crippen LogP contribution in [0.5, 0.6) is 0 Å². The smallest absolute Gasteiger partial charge is 0.0916 e. The van der Waals surface area contributed by atoms with Gasteiger partial charge in [-0.1, -0.05) is 54.1 Å². The third-order valence-corrected chi connectivity index (χ3v) is 3.61. The van der Waals surface area contributed by atoms with Crippen LogP contribution in [0.4, 0.5) is 0 Å². The molecule has 2 heteroatoms. The number of rotatable bonds is 5. The molecule has 1 atom stereocenters. The fourth-order valence-corrected chi connectivity index (χ4v) is 2.40. The fraction of sp³-hybridized carbons (Fsp3) is 0.333. The van der Waals surface area contributed by atoms with Gasteiger partial charge in [-0.25, -0.2) is 0 Å². The van der Waals surface area contributed by atoms with Gasteiger partial charge in [-0.05, 0) is 37.6 Å². The second kappa shape index (κ2) is 6.69. The summed E-state index contributed by atoms with van der Waals surface area (Å²) in [6.45, 7) is 5.74. The average molecular weight is 269 g/mol. The van der Waals surface area contributed by atoms with E-state index in [1.54, 1.807) is 0 Å². The first-order valence-electron chi connectivity index (χ1n) is 7.04. The van der Waals surface area contributed by atoms with Gasteiger partial charge in [-0.3, -0.25) is 4.90 Å². The lowest BCUT2D eigenvalue weighted by atomic mass is 10.0. The monoisotopic (exact) mass is 269 g/mol. The Labute approximate surface area is 121 Å². The quantitative estimate of drug-likeness (QED) is 0.898. The largest absolute Gasteiger partial charge is 0.387 e. The van der Waals surface area contributed by atoms with E-state index in [4.69, 9.17) is 0 Å². The van der Waals surface area contributed by atoms with Gasteiger partial charge in [0, 0.05) is 13.1 Å². The molecular weight excluding hydrogens is 246 g/mol. The molecule has 0 aromatic heterocycles. The van der Waals surface area contributed by atoms with Gasteiger partial charge in [-0.2, -0.15) is 0 Å². The van der Waals surface area contributed by atoms with Crippen molar-refractivity contribution in [1.29, 1.82) is 0 Å². The molecule has 0 spiro atoms. The van der Waals surface area contributed by atoms with E-state index in [1.807, 2.05) is 37.4 Å². The molecule has 2 nitrogen and oxygen atoms in total. The molecule has 0 saturated carbocycles. The molecule has 0 fully saturated rings. The van der Waals surface area contributed by atoms with Gasteiger partial charge in [0.1, 0.15) is 0 Å². The molecule has 20 heavy (non-hydrogen) atoms. The lowest BCUT2D eigenvalue weighted by Gasteiger charge is -2.22. The number of aliphatic hydroxyl groups excluding tert-OH is 1. The van der Waals surface area contributed by atoms with Crippen LogP contribution in [0.15, 0.2) is 48.5 Å². The summed E-state index contributed by atoms with van der Waals surface area (Å²) in [7, 11) is 2.05. The average Bonchev–Trinajstić information content (AvgIpc) is 2.43. The standard InChI is InChI=1S/C18H23NO/c1-14-9-10-15(2)17(11-14)12-19(3)13-18(20)16-7-5-4-6-8-16/h4-11,18,20H,12-13H2,1-3H3/t18-/m1/s1. The van der Waals surface area contributed by atoms with Gasteiger partial charge in [0.15, 0.2) is 0 Å². The fourth-order valence-electron chi connectivity index (χ4n) is 2.40. The third kappa shape index (κ3) is 3.92. The molecule has 2 rings (SSSR count). The van der Waals surface area contributed by atoms with Crippen molar-refractivity contribution >= 4 is 0 Å². The highest BCUT2D eigenvalue weighted by Gasteiger charge is 2.11. The van der Waals surface area contributed by atoms with Crippen LogP contribution in [-0.2, 0) is 6.54 Å². The molecule has 0 amide bonds. The molecule has 0 aliphatic carbocycles. The van der Waals surface area contributed by atoms with E-state index in [-0.39, 0.29) is 0 Å². The zero-order valence-corrected chi connectivity index (χ0v) is 12.5. The predicted molar refractivity (Wildman–Crippen MR) is 83.7 cm³/mol. The Hall–Kier alpha value is -1.64. The molecule has 2 aromatic carbocycles. The van der Waals surface area contributed by atoms with E-state index in [9.17, 15) is 5.11 Å². The molecule has 0 radical (unpaired) electrons. The zero-order chi connectivity index (χ0) is 14.5. The van der Waals surface area contributed by atoms with E-state index in [2.05, 4.69) is 36.9 Å². The maximum absolute atomic E-state index is 10.3. The summed E-state index contributed by atoms with van der Waals surface area (Å²) in [6.07, 6.45) is -0.439. The van der Waals surface area contributed by atoms with Gasteiger partial charge in [0.25, 0.3) is 0 Å². The summed E-state index contributed by atoms with van der Waals surface area (Å²) in [5.41, 5.74) is 4.88. The van der Waals surface area contributed by atoms with Crippen LogP contribution in [0.2, 0.25) is 0 Å². The zero-order valence-electron chi connectivity index (χ0n) is 12.5. The van der Waals surface area contributed by atoms with E-state index in [0.717, 1.165) is 12.1 Å². The van der Waals surface area contributed by atoms with Gasteiger partial charge >= 0.3 is 0 Å². The molecule has 0 heterocycles. The number of likely N-dealkylation sites (N-methyl/N-ethyl adjacent to an activating group) is 1. The van der Waals surface area contributed by atoms with Crippen molar-refractivity contribution in [2.75, 3.05) is 13.6 Å². The molecule has 0 saturated heterocycles. The Morgan fingerprint density at radius 1 is 1.05 bits per heavy atom. The molecule has 0 unspecified atom stereocenters. The van der Waals surface area contributed by atoms with Crippen molar-refractivity contribution in [2.24, 2.45) is 0 Å². The summed E-state index contributed by atoms with van der Waals surface area (Å²) in [5.74, 6) is 0. The van der Waals surface area contributed by atoms with Crippen molar-refractivity contribution in [2.45, 2.75) is 26.5 Å². The molecular formula is C18H23NO. The Kier molecular flexibility index (Phi) is 4.94. The number of aryl methyl sites for hydroxylation is 2. The lowest BCUT2D eigenvalue weighted by molar-refractivity contribution is 0.123. The number of nitrogens with zero attached hydrogens (tertiary/aromatic N) is 1. The van der Waals surface area contributed by atoms with Gasteiger partial charge in [0.2, 0.25) is 0 Å². The SMILES string of the molecule is Cc1ccc(C)c(CN(C)C[C@@H](O)c2ccccc2)c1. The Morgan fingerprint density at radius 3 is 2.45 bits per heavy atom. The Bertz CT molecular complexity index is 551. The summed E-state index contributed by atoms with van der Waals surface area (Å²) >= 11 is 0. The number of benzene rings is 2. The van der Waals surface area contributed by atoms with E-state index >= 15 is 0 Å². The highest BCUT2D eigenvalue weighted by atomic mass is 16.3. The van der Waals surface area contributed by atoms with Gasteiger partial charge in [0.05, 0.1) is 6.10 Å². The maximum Gasteiger partial charge on any atom is 0.0916 e. The summed E-state index contributed by atoms with van der Waals surface area (Å²) in [6, 6.07) is 16.3. The Morgan fingerprint density at radius 2 is 1.75 bits per heavy atom. The number of aliphatic hydroxyl groups is 1. The topological polar surface area (TPSA) is 23.5 Å².